The quantitative estimate of drug-likeness (QED) is 0.199. The summed E-state index contributed by atoms with van der Waals surface area (Å²) in [5.41, 5.74) is -7.90. The monoisotopic (exact) mass is 1000 g/mol. The van der Waals surface area contributed by atoms with Crippen LogP contribution in [0.3, 0.4) is 0 Å². The average Bonchev–Trinajstić information content (AvgIpc) is 3.25. The molecule has 0 spiro atoms. The standard InChI is InChI=1S/C44H46F6N2O14S2/c45-43(46,47)67(55,56)51-37(53)27-65-41-33-9-3-11-35(41)26-36-12-4-10-34(42(36)66-28-38(54)52-68(57,58)44(48,49)50)25-32-8-2-6-30-23-29-5-1-7-31(24-33)39(29)63-21-19-61-17-15-59-13-14-60-16-18-62-20-22-64-40(30)32/h1-12H,13-28H2,(H,51,53)(H,52,54). The number of carbonyl (C=O) groups excluding carboxylic acids is 2. The Morgan fingerprint density at radius 3 is 0.985 bits per heavy atom. The zero-order chi connectivity index (χ0) is 49.0. The lowest BCUT2D eigenvalue weighted by molar-refractivity contribution is -0.122. The number of amides is 2. The predicted octanol–water partition coefficient (Wildman–Crippen LogP) is 4.89. The minimum atomic E-state index is -6.11. The lowest BCUT2D eigenvalue weighted by Crippen LogP contribution is -2.42. The van der Waals surface area contributed by atoms with Crippen molar-refractivity contribution in [1.29, 1.82) is 0 Å². The number of halogens is 6. The third-order valence-corrected chi connectivity index (χ3v) is 12.3. The van der Waals surface area contributed by atoms with Crippen molar-refractivity contribution in [2.45, 2.75) is 36.7 Å². The maximum absolute atomic E-state index is 13.2. The Kier molecular flexibility index (Phi) is 17.6. The minimum absolute atomic E-state index is 0.00354. The summed E-state index contributed by atoms with van der Waals surface area (Å²) < 4.78 is 176. The highest BCUT2D eigenvalue weighted by molar-refractivity contribution is 7.91. The summed E-state index contributed by atoms with van der Waals surface area (Å²) in [6.07, 6.45) is 0.0174. The molecule has 16 nitrogen and oxygen atoms in total. The van der Waals surface area contributed by atoms with Crippen LogP contribution >= 0.6 is 0 Å². The van der Waals surface area contributed by atoms with Crippen LogP contribution in [0, 0.1) is 0 Å². The van der Waals surface area contributed by atoms with Crippen LogP contribution in [0.15, 0.2) is 72.8 Å². The SMILES string of the molecule is O=C(COc1c2cccc1Cc1cccc(c1OCC(=O)NS(=O)(=O)C(F)(F)F)Cc1cccc3c1OCCOCCOCCOCCOCCOc1c(cccc1C2)C3)NS(=O)(=O)C(F)(F)F. The zero-order valence-electron chi connectivity index (χ0n) is 36.0. The normalized spacial score (nSPS) is 16.0. The van der Waals surface area contributed by atoms with Crippen molar-refractivity contribution in [3.63, 3.8) is 0 Å². The third kappa shape index (κ3) is 14.0. The molecule has 0 radical (unpaired) electrons. The Balaban J connectivity index is 1.48. The first-order valence-corrected chi connectivity index (χ1v) is 23.8. The molecule has 4 aromatic carbocycles. The van der Waals surface area contributed by atoms with Gasteiger partial charge in [-0.25, -0.2) is 9.44 Å². The van der Waals surface area contributed by atoms with Crippen LogP contribution in [-0.4, -0.2) is 119 Å². The molecule has 1 heterocycles. The van der Waals surface area contributed by atoms with E-state index in [0.29, 0.717) is 71.3 Å². The molecule has 0 unspecified atom stereocenters. The van der Waals surface area contributed by atoms with E-state index in [2.05, 4.69) is 0 Å². The van der Waals surface area contributed by atoms with Gasteiger partial charge in [-0.2, -0.15) is 43.2 Å². The van der Waals surface area contributed by atoms with Crippen LogP contribution < -0.4 is 28.4 Å². The number of carbonyl (C=O) groups is 2. The van der Waals surface area contributed by atoms with Crippen molar-refractivity contribution in [1.82, 2.24) is 9.44 Å². The molecular formula is C44H46F6N2O14S2. The summed E-state index contributed by atoms with van der Waals surface area (Å²) in [5, 5.41) is 0. The number of nitrogens with one attached hydrogen (secondary N) is 2. The fourth-order valence-electron chi connectivity index (χ4n) is 7.14. The summed E-state index contributed by atoms with van der Waals surface area (Å²) in [7, 11) is -12.2. The van der Waals surface area contributed by atoms with E-state index < -0.39 is 56.1 Å². The highest BCUT2D eigenvalue weighted by Gasteiger charge is 2.48. The van der Waals surface area contributed by atoms with Crippen molar-refractivity contribution < 1.29 is 90.7 Å². The molecule has 370 valence electrons. The Labute approximate surface area is 387 Å². The first-order chi connectivity index (χ1) is 32.3. The maximum Gasteiger partial charge on any atom is 0.516 e. The number of sulfonamides is 2. The third-order valence-electron chi connectivity index (χ3n) is 10.1. The number of rotatable bonds is 8. The second kappa shape index (κ2) is 23.1. The molecule has 0 atom stereocenters. The van der Waals surface area contributed by atoms with E-state index in [-0.39, 0.29) is 88.0 Å². The van der Waals surface area contributed by atoms with Gasteiger partial charge in [0.25, 0.3) is 11.8 Å². The van der Waals surface area contributed by atoms with E-state index in [1.54, 1.807) is 48.5 Å². The van der Waals surface area contributed by atoms with Gasteiger partial charge in [-0.05, 0) is 44.5 Å². The summed E-state index contributed by atoms with van der Waals surface area (Å²) in [6, 6.07) is 20.3. The fourth-order valence-corrected chi connectivity index (χ4v) is 8.09. The van der Waals surface area contributed by atoms with E-state index in [1.165, 1.54) is 12.1 Å². The molecule has 1 aliphatic carbocycles. The lowest BCUT2D eigenvalue weighted by atomic mass is 9.91. The van der Waals surface area contributed by atoms with Crippen LogP contribution in [0.2, 0.25) is 0 Å². The van der Waals surface area contributed by atoms with Crippen LogP contribution in [0.25, 0.3) is 0 Å². The number of hydrogen-bond donors (Lipinski definition) is 2. The van der Waals surface area contributed by atoms with Crippen LogP contribution in [0.5, 0.6) is 23.0 Å². The van der Waals surface area contributed by atoms with Crippen molar-refractivity contribution >= 4 is 31.9 Å². The van der Waals surface area contributed by atoms with Crippen LogP contribution in [-0.2, 0) is 74.3 Å². The molecular weight excluding hydrogens is 959 g/mol. The van der Waals surface area contributed by atoms with E-state index in [1.807, 2.05) is 12.1 Å². The molecule has 2 amide bonds. The van der Waals surface area contributed by atoms with E-state index in [4.69, 9.17) is 37.9 Å². The Morgan fingerprint density at radius 2 is 0.691 bits per heavy atom. The number of hydrogen-bond acceptors (Lipinski definition) is 14. The van der Waals surface area contributed by atoms with Gasteiger partial charge in [0.1, 0.15) is 36.2 Å². The molecule has 2 aliphatic rings. The van der Waals surface area contributed by atoms with Gasteiger partial charge in [0.15, 0.2) is 13.2 Å². The molecule has 0 saturated heterocycles. The number of fused-ring (bicyclic) bond motifs is 4. The largest absolute Gasteiger partial charge is 0.516 e. The maximum atomic E-state index is 13.2. The van der Waals surface area contributed by atoms with Crippen LogP contribution in [0.4, 0.5) is 26.3 Å². The van der Waals surface area contributed by atoms with Gasteiger partial charge >= 0.3 is 31.1 Å². The van der Waals surface area contributed by atoms with Gasteiger partial charge in [-0.1, -0.05) is 72.8 Å². The van der Waals surface area contributed by atoms with E-state index in [0.717, 1.165) is 9.44 Å². The summed E-state index contributed by atoms with van der Waals surface area (Å²) in [6.45, 7) is -0.139. The molecule has 6 rings (SSSR count). The van der Waals surface area contributed by atoms with Crippen molar-refractivity contribution in [2.75, 3.05) is 79.3 Å². The summed E-state index contributed by atoms with van der Waals surface area (Å²) in [4.78, 5) is 25.5. The van der Waals surface area contributed by atoms with E-state index >= 15 is 0 Å². The smallest absolute Gasteiger partial charge is 0.491 e. The zero-order valence-corrected chi connectivity index (χ0v) is 37.7. The highest BCUT2D eigenvalue weighted by atomic mass is 32.2. The molecule has 2 N–H and O–H groups in total. The first kappa shape index (κ1) is 51.7. The predicted molar refractivity (Wildman–Crippen MR) is 228 cm³/mol. The van der Waals surface area contributed by atoms with Gasteiger partial charge in [-0.15, -0.1) is 0 Å². The van der Waals surface area contributed by atoms with Gasteiger partial charge < -0.3 is 37.9 Å². The molecule has 0 aromatic heterocycles. The molecule has 24 heteroatoms. The average molecular weight is 1000 g/mol. The summed E-state index contributed by atoms with van der Waals surface area (Å²) in [5.74, 6) is -2.56. The highest BCUT2D eigenvalue weighted by Crippen LogP contribution is 2.39. The fraction of sp³-hybridized carbons (Fsp3) is 0.409. The molecule has 4 aromatic rings. The Bertz CT molecular complexity index is 2450. The van der Waals surface area contributed by atoms with Crippen molar-refractivity contribution in [3.8, 4) is 23.0 Å². The van der Waals surface area contributed by atoms with Crippen LogP contribution in [0.1, 0.15) is 44.5 Å². The topological polar surface area (TPSA) is 200 Å². The number of alkyl halides is 6. The Morgan fingerprint density at radius 1 is 0.441 bits per heavy atom. The van der Waals surface area contributed by atoms with Gasteiger partial charge in [0.05, 0.1) is 52.9 Å². The van der Waals surface area contributed by atoms with E-state index in [9.17, 15) is 52.8 Å². The number of benzene rings is 4. The molecule has 1 aliphatic heterocycles. The van der Waals surface area contributed by atoms with Crippen molar-refractivity contribution in [2.24, 2.45) is 0 Å². The Hall–Kier alpha value is -5.66. The molecule has 0 fully saturated rings. The molecule has 68 heavy (non-hydrogen) atoms. The van der Waals surface area contributed by atoms with Gasteiger partial charge in [-0.3, -0.25) is 9.59 Å². The van der Waals surface area contributed by atoms with Crippen molar-refractivity contribution in [3.05, 3.63) is 117 Å². The van der Waals surface area contributed by atoms with Gasteiger partial charge in [0, 0.05) is 25.7 Å². The number of ether oxygens (including phenoxy) is 8. The molecule has 10 bridgehead atoms. The second-order valence-electron chi connectivity index (χ2n) is 15.0. The second-order valence-corrected chi connectivity index (χ2v) is 18.3. The summed E-state index contributed by atoms with van der Waals surface area (Å²) >= 11 is 0. The van der Waals surface area contributed by atoms with Gasteiger partial charge in [0.2, 0.25) is 0 Å². The first-order valence-electron chi connectivity index (χ1n) is 20.8. The molecule has 0 saturated carbocycles. The number of para-hydroxylation sites is 4. The lowest BCUT2D eigenvalue weighted by Gasteiger charge is -2.23. The minimum Gasteiger partial charge on any atom is -0.491 e.